The fraction of sp³-hybridized carbons (Fsp3) is 0.364. The molecule has 8 nitrogen and oxygen atoms in total. The molecule has 1 rings (SSSR count). The normalized spacial score (nSPS) is 11.3. The van der Waals surface area contributed by atoms with E-state index in [1.165, 1.54) is 0 Å². The summed E-state index contributed by atoms with van der Waals surface area (Å²) in [4.78, 5) is 21.4. The number of nitro benzene ring substituents is 1. The van der Waals surface area contributed by atoms with E-state index in [2.05, 4.69) is 5.32 Å². The molecule has 0 saturated carbocycles. The highest BCUT2D eigenvalue weighted by molar-refractivity contribution is 8.13. The predicted molar refractivity (Wildman–Crippen MR) is 75.3 cm³/mol. The number of halogens is 1. The number of nitro groups is 1. The number of ether oxygens (including phenoxy) is 1. The number of benzene rings is 1. The van der Waals surface area contributed by atoms with Crippen LogP contribution in [0.3, 0.4) is 0 Å². The van der Waals surface area contributed by atoms with Crippen LogP contribution in [0, 0.1) is 10.1 Å². The van der Waals surface area contributed by atoms with Crippen LogP contribution in [-0.2, 0) is 9.05 Å². The molecule has 21 heavy (non-hydrogen) atoms. The maximum atomic E-state index is 11.9. The summed E-state index contributed by atoms with van der Waals surface area (Å²) in [5.41, 5.74) is -0.858. The third kappa shape index (κ3) is 4.05. The minimum Gasteiger partial charge on any atom is -0.489 e. The zero-order chi connectivity index (χ0) is 16.4. The molecule has 0 atom stereocenters. The van der Waals surface area contributed by atoms with Gasteiger partial charge in [0.25, 0.3) is 15.0 Å². The molecule has 1 aromatic carbocycles. The molecule has 0 bridgehead atoms. The standard InChI is InChI=1S/C11H13ClN2O6S/c1-6(2)13-11(15)7-4-8(14(16)17)10(20-3)9(5-7)21(12,18)19/h4-6H,1-3H3,(H,13,15). The van der Waals surface area contributed by atoms with Gasteiger partial charge in [0.05, 0.1) is 12.0 Å². The second-order valence-electron chi connectivity index (χ2n) is 4.35. The molecule has 0 aliphatic rings. The first kappa shape index (κ1) is 17.2. The molecule has 0 spiro atoms. The Kier molecular flexibility index (Phi) is 5.13. The Balaban J connectivity index is 3.61. The van der Waals surface area contributed by atoms with Gasteiger partial charge in [0, 0.05) is 28.4 Å². The first-order valence-electron chi connectivity index (χ1n) is 5.70. The monoisotopic (exact) mass is 336 g/mol. The Morgan fingerprint density at radius 3 is 2.38 bits per heavy atom. The number of nitrogens with one attached hydrogen (secondary N) is 1. The number of rotatable bonds is 5. The SMILES string of the molecule is COc1c([N+](=O)[O-])cc(C(=O)NC(C)C)cc1S(=O)(=O)Cl. The second kappa shape index (κ2) is 6.27. The molecular weight excluding hydrogens is 324 g/mol. The van der Waals surface area contributed by atoms with E-state index in [0.29, 0.717) is 0 Å². The molecule has 0 unspecified atom stereocenters. The van der Waals surface area contributed by atoms with Crippen LogP contribution in [0.4, 0.5) is 5.69 Å². The summed E-state index contributed by atoms with van der Waals surface area (Å²) in [6, 6.07) is 1.64. The van der Waals surface area contributed by atoms with Gasteiger partial charge < -0.3 is 10.1 Å². The average Bonchev–Trinajstić information content (AvgIpc) is 2.34. The number of methoxy groups -OCH3 is 1. The fourth-order valence-electron chi connectivity index (χ4n) is 1.59. The van der Waals surface area contributed by atoms with Gasteiger partial charge in [-0.05, 0) is 19.9 Å². The molecule has 1 aromatic rings. The van der Waals surface area contributed by atoms with Crippen LogP contribution in [0.25, 0.3) is 0 Å². The smallest absolute Gasteiger partial charge is 0.313 e. The van der Waals surface area contributed by atoms with Crippen molar-refractivity contribution in [1.29, 1.82) is 0 Å². The number of hydrogen-bond donors (Lipinski definition) is 1. The lowest BCUT2D eigenvalue weighted by Gasteiger charge is -2.11. The van der Waals surface area contributed by atoms with Gasteiger partial charge in [-0.2, -0.15) is 0 Å². The lowest BCUT2D eigenvalue weighted by molar-refractivity contribution is -0.386. The fourth-order valence-corrected chi connectivity index (χ4v) is 2.61. The van der Waals surface area contributed by atoms with Crippen molar-refractivity contribution in [2.24, 2.45) is 0 Å². The summed E-state index contributed by atoms with van der Waals surface area (Å²) in [5, 5.41) is 13.5. The molecule has 10 heteroatoms. The third-order valence-corrected chi connectivity index (χ3v) is 3.71. The third-order valence-electron chi connectivity index (χ3n) is 2.38. The molecule has 116 valence electrons. The largest absolute Gasteiger partial charge is 0.489 e. The molecule has 0 saturated heterocycles. The van der Waals surface area contributed by atoms with Crippen LogP contribution in [0.1, 0.15) is 24.2 Å². The van der Waals surface area contributed by atoms with E-state index in [9.17, 15) is 23.3 Å². The van der Waals surface area contributed by atoms with Crippen LogP contribution in [0.2, 0.25) is 0 Å². The van der Waals surface area contributed by atoms with E-state index in [1.807, 2.05) is 0 Å². The summed E-state index contributed by atoms with van der Waals surface area (Å²) in [5.74, 6) is -1.17. The second-order valence-corrected chi connectivity index (χ2v) is 6.88. The molecule has 1 amide bonds. The van der Waals surface area contributed by atoms with Crippen molar-refractivity contribution in [1.82, 2.24) is 5.32 Å². The maximum Gasteiger partial charge on any atom is 0.313 e. The molecule has 0 aliphatic carbocycles. The van der Waals surface area contributed by atoms with Gasteiger partial charge in [0.15, 0.2) is 0 Å². The number of carbonyl (C=O) groups excluding carboxylic acids is 1. The first-order valence-corrected chi connectivity index (χ1v) is 8.00. The van der Waals surface area contributed by atoms with Crippen molar-refractivity contribution < 1.29 is 22.9 Å². The van der Waals surface area contributed by atoms with Gasteiger partial charge in [-0.25, -0.2) is 8.42 Å². The topological polar surface area (TPSA) is 116 Å². The van der Waals surface area contributed by atoms with Crippen LogP contribution in [0.15, 0.2) is 17.0 Å². The molecular formula is C11H13ClN2O6S. The van der Waals surface area contributed by atoms with Crippen molar-refractivity contribution in [2.75, 3.05) is 7.11 Å². The number of hydrogen-bond acceptors (Lipinski definition) is 6. The quantitative estimate of drug-likeness (QED) is 0.496. The first-order chi connectivity index (χ1) is 9.57. The molecule has 0 heterocycles. The average molecular weight is 337 g/mol. The van der Waals surface area contributed by atoms with Crippen molar-refractivity contribution in [3.63, 3.8) is 0 Å². The molecule has 0 aliphatic heterocycles. The minimum atomic E-state index is -4.32. The maximum absolute atomic E-state index is 11.9. The van der Waals surface area contributed by atoms with E-state index < -0.39 is 36.2 Å². The van der Waals surface area contributed by atoms with E-state index in [1.54, 1.807) is 13.8 Å². The van der Waals surface area contributed by atoms with Gasteiger partial charge in [-0.1, -0.05) is 0 Å². The Morgan fingerprint density at radius 2 is 2.00 bits per heavy atom. The predicted octanol–water partition coefficient (Wildman–Crippen LogP) is 1.67. The Bertz CT molecular complexity index is 686. The lowest BCUT2D eigenvalue weighted by Crippen LogP contribution is -2.30. The van der Waals surface area contributed by atoms with Gasteiger partial charge in [-0.15, -0.1) is 0 Å². The van der Waals surface area contributed by atoms with Crippen LogP contribution in [0.5, 0.6) is 5.75 Å². The summed E-state index contributed by atoms with van der Waals surface area (Å²) in [6.07, 6.45) is 0. The van der Waals surface area contributed by atoms with E-state index in [0.717, 1.165) is 19.2 Å². The highest BCUT2D eigenvalue weighted by atomic mass is 35.7. The lowest BCUT2D eigenvalue weighted by atomic mass is 10.1. The van der Waals surface area contributed by atoms with Crippen molar-refractivity contribution >= 4 is 31.3 Å². The minimum absolute atomic E-state index is 0.199. The number of amides is 1. The van der Waals surface area contributed by atoms with E-state index in [4.69, 9.17) is 15.4 Å². The summed E-state index contributed by atoms with van der Waals surface area (Å²) in [6.45, 7) is 3.38. The molecule has 0 fully saturated rings. The molecule has 1 N–H and O–H groups in total. The van der Waals surface area contributed by atoms with Crippen LogP contribution < -0.4 is 10.1 Å². The number of nitrogens with zero attached hydrogens (tertiary/aromatic N) is 1. The summed E-state index contributed by atoms with van der Waals surface area (Å²) in [7, 11) is 1.99. The highest BCUT2D eigenvalue weighted by Crippen LogP contribution is 2.37. The van der Waals surface area contributed by atoms with Gasteiger partial charge in [0.2, 0.25) is 5.75 Å². The highest BCUT2D eigenvalue weighted by Gasteiger charge is 2.29. The van der Waals surface area contributed by atoms with E-state index in [-0.39, 0.29) is 11.6 Å². The van der Waals surface area contributed by atoms with Gasteiger partial charge in [-0.3, -0.25) is 14.9 Å². The van der Waals surface area contributed by atoms with Crippen LogP contribution >= 0.6 is 10.7 Å². The molecule has 0 radical (unpaired) electrons. The summed E-state index contributed by atoms with van der Waals surface area (Å²) >= 11 is 0. The van der Waals surface area contributed by atoms with Crippen molar-refractivity contribution in [2.45, 2.75) is 24.8 Å². The van der Waals surface area contributed by atoms with E-state index >= 15 is 0 Å². The van der Waals surface area contributed by atoms with Gasteiger partial charge >= 0.3 is 5.69 Å². The van der Waals surface area contributed by atoms with Crippen molar-refractivity contribution in [3.8, 4) is 5.75 Å². The zero-order valence-corrected chi connectivity index (χ0v) is 13.0. The number of carbonyl (C=O) groups is 1. The van der Waals surface area contributed by atoms with Gasteiger partial charge in [0.1, 0.15) is 4.90 Å². The summed E-state index contributed by atoms with van der Waals surface area (Å²) < 4.78 is 27.8. The van der Waals surface area contributed by atoms with Crippen LogP contribution in [-0.4, -0.2) is 32.4 Å². The Morgan fingerprint density at radius 1 is 1.43 bits per heavy atom. The van der Waals surface area contributed by atoms with Crippen molar-refractivity contribution in [3.05, 3.63) is 27.8 Å². The Labute approximate surface area is 125 Å². The Hall–Kier alpha value is -1.87. The zero-order valence-electron chi connectivity index (χ0n) is 11.4. The molecule has 0 aromatic heterocycles.